The van der Waals surface area contributed by atoms with Gasteiger partial charge in [0, 0.05) is 20.1 Å². The maximum absolute atomic E-state index is 13.8. The maximum atomic E-state index is 13.8. The molecule has 0 aromatic heterocycles. The summed E-state index contributed by atoms with van der Waals surface area (Å²) >= 11 is 0. The number of likely N-dealkylation sites (tertiary alicyclic amines) is 1. The van der Waals surface area contributed by atoms with Gasteiger partial charge in [-0.15, -0.1) is 0 Å². The van der Waals surface area contributed by atoms with Crippen LogP contribution in [0.15, 0.2) is 78.9 Å². The van der Waals surface area contributed by atoms with Gasteiger partial charge in [0.15, 0.2) is 0 Å². The number of nitrogens with one attached hydrogen (secondary N) is 4. The van der Waals surface area contributed by atoms with Crippen LogP contribution < -0.4 is 26.0 Å². The molecule has 0 spiro atoms. The Morgan fingerprint density at radius 3 is 2.21 bits per heavy atom. The van der Waals surface area contributed by atoms with E-state index in [0.29, 0.717) is 6.42 Å². The fourth-order valence-electron chi connectivity index (χ4n) is 6.48. The minimum absolute atomic E-state index is 0.0258. The molecular formula is C40H50N6O6. The van der Waals surface area contributed by atoms with E-state index in [1.165, 1.54) is 30.4 Å². The Bertz CT molecular complexity index is 1690. The van der Waals surface area contributed by atoms with E-state index >= 15 is 0 Å². The number of carbonyl (C=O) groups is 5. The molecule has 2 aliphatic rings. The number of hydrogen-bond donors (Lipinski definition) is 4. The Hall–Kier alpha value is -5.23. The molecule has 3 atom stereocenters. The van der Waals surface area contributed by atoms with Crippen molar-refractivity contribution in [2.75, 3.05) is 33.3 Å². The molecule has 3 aromatic rings. The number of likely N-dealkylation sites (N-methyl/N-ethyl adjacent to an activating group) is 1. The van der Waals surface area contributed by atoms with Crippen molar-refractivity contribution in [2.24, 2.45) is 5.92 Å². The van der Waals surface area contributed by atoms with Crippen LogP contribution in [0.3, 0.4) is 0 Å². The van der Waals surface area contributed by atoms with Gasteiger partial charge >= 0.3 is 0 Å². The molecule has 2 heterocycles. The monoisotopic (exact) mass is 710 g/mol. The third-order valence-electron chi connectivity index (χ3n) is 9.37. The fraction of sp³-hybridized carbons (Fsp3) is 0.425. The highest BCUT2D eigenvalue weighted by molar-refractivity contribution is 6.01. The Balaban J connectivity index is 1.37. The summed E-state index contributed by atoms with van der Waals surface area (Å²) in [5.41, 5.74) is 3.20. The van der Waals surface area contributed by atoms with Crippen molar-refractivity contribution in [1.82, 2.24) is 31.1 Å². The second-order valence-electron chi connectivity index (χ2n) is 14.0. The lowest BCUT2D eigenvalue weighted by Gasteiger charge is -2.28. The average molecular weight is 711 g/mol. The number of para-hydroxylation sites is 1. The van der Waals surface area contributed by atoms with E-state index in [9.17, 15) is 24.0 Å². The van der Waals surface area contributed by atoms with Crippen LogP contribution in [0.4, 0.5) is 0 Å². The van der Waals surface area contributed by atoms with Crippen molar-refractivity contribution in [2.45, 2.75) is 70.7 Å². The highest BCUT2D eigenvalue weighted by Crippen LogP contribution is 2.20. The van der Waals surface area contributed by atoms with Gasteiger partial charge in [-0.25, -0.2) is 0 Å². The summed E-state index contributed by atoms with van der Waals surface area (Å²) in [6.45, 7) is 6.63. The topological polar surface area (TPSA) is 149 Å². The molecule has 3 aromatic carbocycles. The lowest BCUT2D eigenvalue weighted by molar-refractivity contribution is -0.139. The number of nitrogens with zero attached hydrogens (tertiary/aromatic N) is 2. The van der Waals surface area contributed by atoms with Gasteiger partial charge in [0.05, 0.1) is 24.6 Å². The van der Waals surface area contributed by atoms with E-state index in [1.807, 2.05) is 54.6 Å². The normalized spacial score (nSPS) is 21.0. The SMILES string of the molecule is CC(C)[C@@H]1NC(=O)C[C@@H](C(=O)NCc2ccc(CN3CCCC3)cc2)NC(=O)c2ccccc2OC[C@@H](Cc2ccccc2)NC(=O)CN(C)C1=O. The molecule has 4 N–H and O–H groups in total. The molecule has 12 nitrogen and oxygen atoms in total. The van der Waals surface area contributed by atoms with Gasteiger partial charge < -0.3 is 30.9 Å². The minimum atomic E-state index is -1.26. The molecule has 0 bridgehead atoms. The average Bonchev–Trinajstić information content (AvgIpc) is 3.65. The number of carbonyl (C=O) groups excluding carboxylic acids is 5. The Labute approximate surface area is 305 Å². The fourth-order valence-corrected chi connectivity index (χ4v) is 6.48. The minimum Gasteiger partial charge on any atom is -0.491 e. The molecule has 0 unspecified atom stereocenters. The van der Waals surface area contributed by atoms with Crippen LogP contribution in [0.1, 0.15) is 60.2 Å². The molecule has 2 aliphatic heterocycles. The molecular weight excluding hydrogens is 660 g/mol. The highest BCUT2D eigenvalue weighted by Gasteiger charge is 2.32. The predicted molar refractivity (Wildman–Crippen MR) is 197 cm³/mol. The van der Waals surface area contributed by atoms with Crippen LogP contribution >= 0.6 is 0 Å². The molecule has 0 radical (unpaired) electrons. The summed E-state index contributed by atoms with van der Waals surface area (Å²) in [5, 5.41) is 11.3. The molecule has 0 aliphatic carbocycles. The van der Waals surface area contributed by atoms with E-state index in [0.717, 1.165) is 30.8 Å². The smallest absolute Gasteiger partial charge is 0.255 e. The highest BCUT2D eigenvalue weighted by atomic mass is 16.5. The number of ether oxygens (including phenoxy) is 1. The molecule has 5 amide bonds. The first kappa shape index (κ1) is 38.0. The summed E-state index contributed by atoms with van der Waals surface area (Å²) in [7, 11) is 1.51. The maximum Gasteiger partial charge on any atom is 0.255 e. The van der Waals surface area contributed by atoms with Crippen molar-refractivity contribution >= 4 is 29.5 Å². The van der Waals surface area contributed by atoms with Crippen molar-refractivity contribution in [3.05, 3.63) is 101 Å². The van der Waals surface area contributed by atoms with E-state index < -0.39 is 54.1 Å². The third kappa shape index (κ3) is 10.9. The van der Waals surface area contributed by atoms with E-state index in [-0.39, 0.29) is 36.9 Å². The summed E-state index contributed by atoms with van der Waals surface area (Å²) in [4.78, 5) is 71.4. The van der Waals surface area contributed by atoms with Gasteiger partial charge in [0.1, 0.15) is 24.4 Å². The van der Waals surface area contributed by atoms with Crippen LogP contribution in [0.5, 0.6) is 5.75 Å². The second-order valence-corrected chi connectivity index (χ2v) is 14.0. The summed E-state index contributed by atoms with van der Waals surface area (Å²) in [6, 6.07) is 21.5. The van der Waals surface area contributed by atoms with Crippen LogP contribution in [0, 0.1) is 5.92 Å². The first-order chi connectivity index (χ1) is 25.0. The lowest BCUT2D eigenvalue weighted by atomic mass is 10.0. The molecule has 52 heavy (non-hydrogen) atoms. The third-order valence-corrected chi connectivity index (χ3v) is 9.37. The van der Waals surface area contributed by atoms with E-state index in [2.05, 4.69) is 26.2 Å². The van der Waals surface area contributed by atoms with Crippen molar-refractivity contribution in [3.8, 4) is 5.75 Å². The van der Waals surface area contributed by atoms with Gasteiger partial charge in [-0.3, -0.25) is 28.9 Å². The van der Waals surface area contributed by atoms with Crippen molar-refractivity contribution in [3.63, 3.8) is 0 Å². The number of benzene rings is 3. The lowest BCUT2D eigenvalue weighted by Crippen LogP contribution is -2.54. The largest absolute Gasteiger partial charge is 0.491 e. The summed E-state index contributed by atoms with van der Waals surface area (Å²) in [5.74, 6) is -2.70. The zero-order chi connectivity index (χ0) is 37.0. The first-order valence-electron chi connectivity index (χ1n) is 18.0. The van der Waals surface area contributed by atoms with Crippen LogP contribution in [-0.2, 0) is 38.7 Å². The van der Waals surface area contributed by atoms with Crippen molar-refractivity contribution in [1.29, 1.82) is 0 Å². The van der Waals surface area contributed by atoms with Gasteiger partial charge in [0.2, 0.25) is 23.6 Å². The number of rotatable bonds is 8. The van der Waals surface area contributed by atoms with Crippen LogP contribution in [0.25, 0.3) is 0 Å². The number of amides is 5. The van der Waals surface area contributed by atoms with Crippen LogP contribution in [-0.4, -0.2) is 90.8 Å². The van der Waals surface area contributed by atoms with Gasteiger partial charge in [-0.2, -0.15) is 0 Å². The molecule has 0 saturated carbocycles. The summed E-state index contributed by atoms with van der Waals surface area (Å²) in [6.07, 6.45) is 2.46. The van der Waals surface area contributed by atoms with E-state index in [4.69, 9.17) is 4.74 Å². The summed E-state index contributed by atoms with van der Waals surface area (Å²) < 4.78 is 6.15. The first-order valence-corrected chi connectivity index (χ1v) is 18.0. The van der Waals surface area contributed by atoms with Crippen LogP contribution in [0.2, 0.25) is 0 Å². The second kappa shape index (κ2) is 18.3. The predicted octanol–water partition coefficient (Wildman–Crippen LogP) is 2.81. The molecule has 276 valence electrons. The molecule has 12 heteroatoms. The molecule has 1 saturated heterocycles. The number of fused-ring (bicyclic) bond motifs is 1. The van der Waals surface area contributed by atoms with Gasteiger partial charge in [-0.1, -0.05) is 80.6 Å². The van der Waals surface area contributed by atoms with Gasteiger partial charge in [0.25, 0.3) is 5.91 Å². The zero-order valence-corrected chi connectivity index (χ0v) is 30.2. The van der Waals surface area contributed by atoms with Gasteiger partial charge in [-0.05, 0) is 67.1 Å². The quantitative estimate of drug-likeness (QED) is 0.281. The standard InChI is InChI=1S/C40H50N6O6/c1-27(2)37-40(51)45(3)25-36(48)42-31(21-28-11-5-4-6-12-28)26-52-34-14-8-7-13-32(34)38(49)43-33(22-35(47)44-37)39(50)41-23-29-15-17-30(18-16-29)24-46-19-9-10-20-46/h4-8,11-18,27,31,33,37H,9-10,19-26H2,1-3H3,(H,41,50)(H,42,48)(H,43,49)(H,44,47)/t31-,33+,37+/m1/s1. The number of hydrogen-bond acceptors (Lipinski definition) is 7. The molecule has 1 fully saturated rings. The Kier molecular flexibility index (Phi) is 13.4. The molecule has 5 rings (SSSR count). The van der Waals surface area contributed by atoms with E-state index in [1.54, 1.807) is 38.1 Å². The Morgan fingerprint density at radius 2 is 1.50 bits per heavy atom. The zero-order valence-electron chi connectivity index (χ0n) is 30.2. The Morgan fingerprint density at radius 1 is 0.827 bits per heavy atom. The van der Waals surface area contributed by atoms with Crippen molar-refractivity contribution < 1.29 is 28.7 Å².